The molecule has 10 heteroatoms. The number of ether oxygens (including phenoxy) is 1. The van der Waals surface area contributed by atoms with E-state index in [1.807, 2.05) is 13.0 Å². The molecule has 0 spiro atoms. The largest absolute Gasteiger partial charge is 0.415 e. The van der Waals surface area contributed by atoms with Crippen molar-refractivity contribution in [1.29, 1.82) is 0 Å². The quantitative estimate of drug-likeness (QED) is 0.739. The minimum Gasteiger partial charge on any atom is -0.409 e. The van der Waals surface area contributed by atoms with Gasteiger partial charge in [-0.3, -0.25) is 19.5 Å². The number of hydrogen-bond donors (Lipinski definition) is 2. The van der Waals surface area contributed by atoms with Crippen LogP contribution in [-0.4, -0.2) is 58.4 Å². The molecule has 0 bridgehead atoms. The molecule has 158 valence electrons. The van der Waals surface area contributed by atoms with E-state index in [1.54, 1.807) is 17.0 Å². The van der Waals surface area contributed by atoms with Gasteiger partial charge in [-0.2, -0.15) is 0 Å². The predicted octanol–water partition coefficient (Wildman–Crippen LogP) is 1.64. The van der Waals surface area contributed by atoms with Crippen molar-refractivity contribution < 1.29 is 19.1 Å². The second-order valence-corrected chi connectivity index (χ2v) is 7.50. The van der Waals surface area contributed by atoms with E-state index >= 15 is 0 Å². The van der Waals surface area contributed by atoms with Crippen LogP contribution in [0.15, 0.2) is 36.7 Å². The van der Waals surface area contributed by atoms with Crippen LogP contribution in [0.3, 0.4) is 0 Å². The van der Waals surface area contributed by atoms with E-state index in [2.05, 4.69) is 9.88 Å². The Morgan fingerprint density at radius 3 is 2.60 bits per heavy atom. The molecule has 0 aliphatic carbocycles. The lowest BCUT2D eigenvalue weighted by molar-refractivity contribution is 0.0750. The number of pyridine rings is 1. The van der Waals surface area contributed by atoms with E-state index in [-0.39, 0.29) is 22.9 Å². The highest BCUT2D eigenvalue weighted by Crippen LogP contribution is 2.20. The van der Waals surface area contributed by atoms with Gasteiger partial charge in [0.2, 0.25) is 11.8 Å². The third kappa shape index (κ3) is 5.05. The number of carbonyl (C=O) groups excluding carboxylic acids is 3. The van der Waals surface area contributed by atoms with Crippen molar-refractivity contribution in [2.24, 2.45) is 11.5 Å². The number of nitrogens with two attached hydrogens (primary N) is 2. The fraction of sp³-hybridized carbons (Fsp3) is 0.300. The summed E-state index contributed by atoms with van der Waals surface area (Å²) in [5.74, 6) is -1.06. The van der Waals surface area contributed by atoms with E-state index in [0.717, 1.165) is 5.56 Å². The van der Waals surface area contributed by atoms with Crippen molar-refractivity contribution in [3.8, 4) is 5.75 Å². The molecule has 0 unspecified atom stereocenters. The highest BCUT2D eigenvalue weighted by atomic mass is 35.5. The van der Waals surface area contributed by atoms with E-state index in [4.69, 9.17) is 27.8 Å². The van der Waals surface area contributed by atoms with Crippen molar-refractivity contribution in [2.75, 3.05) is 19.6 Å². The second-order valence-electron chi connectivity index (χ2n) is 7.10. The molecule has 4 N–H and O–H groups in total. The summed E-state index contributed by atoms with van der Waals surface area (Å²) in [4.78, 5) is 42.9. The fourth-order valence-corrected chi connectivity index (χ4v) is 3.55. The van der Waals surface area contributed by atoms with Crippen LogP contribution < -0.4 is 16.2 Å². The molecule has 1 aliphatic heterocycles. The number of aromatic nitrogens is 1. The molecule has 1 aliphatic rings. The van der Waals surface area contributed by atoms with E-state index < -0.39 is 17.9 Å². The van der Waals surface area contributed by atoms with Crippen LogP contribution in [0.1, 0.15) is 33.2 Å². The summed E-state index contributed by atoms with van der Waals surface area (Å²) in [5.41, 5.74) is 11.9. The van der Waals surface area contributed by atoms with Crippen molar-refractivity contribution >= 4 is 29.5 Å². The number of halogens is 1. The van der Waals surface area contributed by atoms with Gasteiger partial charge < -0.3 is 21.1 Å². The molecule has 0 saturated carbocycles. The van der Waals surface area contributed by atoms with Gasteiger partial charge >= 0.3 is 6.09 Å². The van der Waals surface area contributed by atoms with Crippen LogP contribution in [-0.2, 0) is 6.54 Å². The van der Waals surface area contributed by atoms with Crippen LogP contribution in [0.25, 0.3) is 0 Å². The molecule has 3 amide bonds. The van der Waals surface area contributed by atoms with E-state index in [0.29, 0.717) is 31.2 Å². The topological polar surface area (TPSA) is 132 Å². The summed E-state index contributed by atoms with van der Waals surface area (Å²) < 4.78 is 5.36. The first-order valence-corrected chi connectivity index (χ1v) is 9.66. The van der Waals surface area contributed by atoms with Gasteiger partial charge in [0.05, 0.1) is 22.3 Å². The zero-order valence-electron chi connectivity index (χ0n) is 16.4. The Kier molecular flexibility index (Phi) is 6.53. The summed E-state index contributed by atoms with van der Waals surface area (Å²) in [6.07, 6.45) is 2.14. The summed E-state index contributed by atoms with van der Waals surface area (Å²) >= 11 is 6.00. The summed E-state index contributed by atoms with van der Waals surface area (Å²) in [6.45, 7) is 4.20. The Balaban J connectivity index is 1.60. The maximum Gasteiger partial charge on any atom is 0.415 e. The Morgan fingerprint density at radius 1 is 1.17 bits per heavy atom. The smallest absolute Gasteiger partial charge is 0.409 e. The van der Waals surface area contributed by atoms with Crippen LogP contribution >= 0.6 is 11.6 Å². The third-order valence-electron chi connectivity index (χ3n) is 4.85. The maximum atomic E-state index is 12.6. The lowest BCUT2D eigenvalue weighted by Gasteiger charge is -2.39. The first-order chi connectivity index (χ1) is 14.2. The molecule has 0 radical (unpaired) electrons. The number of benzene rings is 1. The minimum absolute atomic E-state index is 0.110. The maximum absolute atomic E-state index is 12.6. The molecule has 2 aromatic rings. The Morgan fingerprint density at radius 2 is 1.93 bits per heavy atom. The summed E-state index contributed by atoms with van der Waals surface area (Å²) in [7, 11) is 0. The summed E-state index contributed by atoms with van der Waals surface area (Å²) in [5, 5.41) is 0.321. The lowest BCUT2D eigenvalue weighted by atomic mass is 10.1. The van der Waals surface area contributed by atoms with Gasteiger partial charge in [0.15, 0.2) is 5.75 Å². The molecule has 9 nitrogen and oxygen atoms in total. The monoisotopic (exact) mass is 431 g/mol. The number of hydrogen-bond acceptors (Lipinski definition) is 6. The minimum atomic E-state index is -0.649. The predicted molar refractivity (Wildman–Crippen MR) is 110 cm³/mol. The number of amides is 3. The van der Waals surface area contributed by atoms with Gasteiger partial charge in [-0.15, -0.1) is 0 Å². The molecule has 30 heavy (non-hydrogen) atoms. The lowest BCUT2D eigenvalue weighted by Crippen LogP contribution is -2.54. The number of nitrogens with zero attached hydrogens (tertiary/aromatic N) is 3. The van der Waals surface area contributed by atoms with Gasteiger partial charge in [0.25, 0.3) is 0 Å². The first-order valence-electron chi connectivity index (χ1n) is 9.28. The Labute approximate surface area is 178 Å². The van der Waals surface area contributed by atoms with Crippen molar-refractivity contribution in [3.05, 3.63) is 58.4 Å². The molecule has 1 aromatic heterocycles. The molecular formula is C20H22ClN5O4. The van der Waals surface area contributed by atoms with Gasteiger partial charge in [-0.05, 0) is 30.7 Å². The van der Waals surface area contributed by atoms with Crippen LogP contribution in [0.5, 0.6) is 5.75 Å². The highest BCUT2D eigenvalue weighted by Gasteiger charge is 2.29. The zero-order chi connectivity index (χ0) is 21.8. The van der Waals surface area contributed by atoms with Crippen LogP contribution in [0, 0.1) is 0 Å². The van der Waals surface area contributed by atoms with Crippen LogP contribution in [0.4, 0.5) is 4.79 Å². The van der Waals surface area contributed by atoms with Gasteiger partial charge in [-0.25, -0.2) is 4.79 Å². The van der Waals surface area contributed by atoms with E-state index in [1.165, 1.54) is 18.5 Å². The fourth-order valence-electron chi connectivity index (χ4n) is 3.33. The molecule has 1 fully saturated rings. The number of piperazine rings is 1. The SMILES string of the molecule is C[C@@H]1CN(Cc2ccc(Cl)c(C(N)=O)c2)CCN1C(=O)Oc1cncc(C(N)=O)c1. The van der Waals surface area contributed by atoms with E-state index in [9.17, 15) is 14.4 Å². The number of carbonyl (C=O) groups is 3. The Hall–Kier alpha value is -3.17. The van der Waals surface area contributed by atoms with Gasteiger partial charge in [0, 0.05) is 38.4 Å². The van der Waals surface area contributed by atoms with Gasteiger partial charge in [-0.1, -0.05) is 17.7 Å². The van der Waals surface area contributed by atoms with Crippen molar-refractivity contribution in [1.82, 2.24) is 14.8 Å². The first kappa shape index (κ1) is 21.5. The zero-order valence-corrected chi connectivity index (χ0v) is 17.1. The molecule has 3 rings (SSSR count). The standard InChI is InChI=1S/C20H22ClN5O4/c1-12-10-25(11-13-2-3-17(21)16(6-13)19(23)28)4-5-26(12)20(29)30-15-7-14(18(22)27)8-24-9-15/h2-3,6-9,12H,4-5,10-11H2,1H3,(H2,22,27)(H2,23,28)/t12-/m1/s1. The van der Waals surface area contributed by atoms with Gasteiger partial charge in [0.1, 0.15) is 0 Å². The molecule has 2 heterocycles. The number of primary amides is 2. The van der Waals surface area contributed by atoms with Crippen LogP contribution in [0.2, 0.25) is 5.02 Å². The molecule has 1 saturated heterocycles. The van der Waals surface area contributed by atoms with Crippen molar-refractivity contribution in [3.63, 3.8) is 0 Å². The molecule has 1 atom stereocenters. The second kappa shape index (κ2) is 9.10. The molecule has 1 aromatic carbocycles. The van der Waals surface area contributed by atoms with Crippen molar-refractivity contribution in [2.45, 2.75) is 19.5 Å². The normalized spacial score (nSPS) is 16.9. The summed E-state index contributed by atoms with van der Waals surface area (Å²) in [6, 6.07) is 6.46. The average Bonchev–Trinajstić information content (AvgIpc) is 2.69. The highest BCUT2D eigenvalue weighted by molar-refractivity contribution is 6.33. The number of rotatable bonds is 5. The average molecular weight is 432 g/mol. The Bertz CT molecular complexity index is 983. The third-order valence-corrected chi connectivity index (χ3v) is 5.18. The molecular weight excluding hydrogens is 410 g/mol.